The van der Waals surface area contributed by atoms with Gasteiger partial charge in [-0.2, -0.15) is 0 Å². The molecule has 1 fully saturated rings. The zero-order valence-corrected chi connectivity index (χ0v) is 16.5. The van der Waals surface area contributed by atoms with Gasteiger partial charge in [0, 0.05) is 55.5 Å². The number of hydrogen-bond acceptors (Lipinski definition) is 5. The summed E-state index contributed by atoms with van der Waals surface area (Å²) in [6, 6.07) is 12.5. The maximum atomic E-state index is 5.37. The summed E-state index contributed by atoms with van der Waals surface area (Å²) in [6.07, 6.45) is 7.93. The van der Waals surface area contributed by atoms with E-state index in [0.717, 1.165) is 54.4 Å². The van der Waals surface area contributed by atoms with Gasteiger partial charge >= 0.3 is 0 Å². The number of hydrogen-bond donors (Lipinski definition) is 0. The van der Waals surface area contributed by atoms with Crippen LogP contribution in [0.5, 0.6) is 0 Å². The van der Waals surface area contributed by atoms with Gasteiger partial charge in [-0.25, -0.2) is 9.97 Å². The number of anilines is 1. The second kappa shape index (κ2) is 8.48. The van der Waals surface area contributed by atoms with Crippen molar-refractivity contribution in [3.63, 3.8) is 0 Å². The Morgan fingerprint density at radius 2 is 1.96 bits per heavy atom. The standard InChI is InChI=1S/C23H26N4O/c1-17-7-9-19(10-8-17)22-21(20-6-3-11-24-13-20)14-25-23(26-22)27-12-4-5-18(15-27)16-28-2/h3,6-11,13-14,18H,4-5,12,15-16H2,1-2H3/t18-/m0/s1. The molecule has 2 aromatic heterocycles. The summed E-state index contributed by atoms with van der Waals surface area (Å²) in [7, 11) is 1.77. The first-order chi connectivity index (χ1) is 13.7. The van der Waals surface area contributed by atoms with Gasteiger partial charge in [-0.05, 0) is 31.7 Å². The molecular weight excluding hydrogens is 348 g/mol. The Balaban J connectivity index is 1.74. The number of aromatic nitrogens is 3. The first kappa shape index (κ1) is 18.6. The van der Waals surface area contributed by atoms with Crippen LogP contribution in [0.15, 0.2) is 55.0 Å². The number of benzene rings is 1. The van der Waals surface area contributed by atoms with Crippen molar-refractivity contribution in [1.82, 2.24) is 15.0 Å². The predicted molar refractivity (Wildman–Crippen MR) is 112 cm³/mol. The van der Waals surface area contributed by atoms with Crippen LogP contribution < -0.4 is 4.90 Å². The zero-order valence-electron chi connectivity index (χ0n) is 16.5. The van der Waals surface area contributed by atoms with Crippen molar-refractivity contribution in [2.45, 2.75) is 19.8 Å². The average Bonchev–Trinajstić information content (AvgIpc) is 2.75. The van der Waals surface area contributed by atoms with Gasteiger partial charge in [-0.1, -0.05) is 35.9 Å². The Bertz CT molecular complexity index is 910. The summed E-state index contributed by atoms with van der Waals surface area (Å²) >= 11 is 0. The van der Waals surface area contributed by atoms with Crippen LogP contribution in [0.3, 0.4) is 0 Å². The average molecular weight is 374 g/mol. The molecule has 0 bridgehead atoms. The van der Waals surface area contributed by atoms with Crippen LogP contribution in [-0.2, 0) is 4.74 Å². The van der Waals surface area contributed by atoms with E-state index in [2.05, 4.69) is 47.1 Å². The second-order valence-electron chi connectivity index (χ2n) is 7.45. The summed E-state index contributed by atoms with van der Waals surface area (Å²) in [5.41, 5.74) is 5.32. The van der Waals surface area contributed by atoms with Crippen LogP contribution >= 0.6 is 0 Å². The minimum absolute atomic E-state index is 0.531. The fourth-order valence-electron chi connectivity index (χ4n) is 3.81. The third-order valence-corrected chi connectivity index (χ3v) is 5.28. The van der Waals surface area contributed by atoms with Crippen LogP contribution in [0, 0.1) is 12.8 Å². The summed E-state index contributed by atoms with van der Waals surface area (Å²) in [6.45, 7) is 4.81. The molecule has 0 radical (unpaired) electrons. The third-order valence-electron chi connectivity index (χ3n) is 5.28. The molecule has 5 heteroatoms. The molecular formula is C23H26N4O. The van der Waals surface area contributed by atoms with Crippen molar-refractivity contribution in [3.8, 4) is 22.4 Å². The Morgan fingerprint density at radius 1 is 1.11 bits per heavy atom. The van der Waals surface area contributed by atoms with Gasteiger partial charge in [-0.3, -0.25) is 4.98 Å². The van der Waals surface area contributed by atoms with Crippen LogP contribution in [-0.4, -0.2) is 41.8 Å². The first-order valence-corrected chi connectivity index (χ1v) is 9.83. The molecule has 1 aromatic carbocycles. The number of nitrogens with zero attached hydrogens (tertiary/aromatic N) is 4. The van der Waals surface area contributed by atoms with E-state index >= 15 is 0 Å². The van der Waals surface area contributed by atoms with Gasteiger partial charge in [-0.15, -0.1) is 0 Å². The van der Waals surface area contributed by atoms with E-state index in [1.54, 1.807) is 13.3 Å². The van der Waals surface area contributed by atoms with Crippen LogP contribution in [0.4, 0.5) is 5.95 Å². The number of pyridine rings is 1. The Hall–Kier alpha value is -2.79. The van der Waals surface area contributed by atoms with Crippen LogP contribution in [0.1, 0.15) is 18.4 Å². The van der Waals surface area contributed by atoms with Crippen LogP contribution in [0.2, 0.25) is 0 Å². The SMILES string of the molecule is COC[C@H]1CCCN(c2ncc(-c3cccnc3)c(-c3ccc(C)cc3)n2)C1. The number of ether oxygens (including phenoxy) is 1. The molecule has 1 aliphatic heterocycles. The summed E-state index contributed by atoms with van der Waals surface area (Å²) in [5, 5.41) is 0. The fraction of sp³-hybridized carbons (Fsp3) is 0.348. The fourth-order valence-corrected chi connectivity index (χ4v) is 3.81. The molecule has 1 saturated heterocycles. The van der Waals surface area contributed by atoms with Crippen molar-refractivity contribution in [2.75, 3.05) is 31.7 Å². The van der Waals surface area contributed by atoms with E-state index in [0.29, 0.717) is 5.92 Å². The highest BCUT2D eigenvalue weighted by Gasteiger charge is 2.23. The van der Waals surface area contributed by atoms with E-state index in [4.69, 9.17) is 14.7 Å². The van der Waals surface area contributed by atoms with Gasteiger partial charge < -0.3 is 9.64 Å². The van der Waals surface area contributed by atoms with Crippen LogP contribution in [0.25, 0.3) is 22.4 Å². The normalized spacial score (nSPS) is 16.9. The van der Waals surface area contributed by atoms with E-state index in [1.807, 2.05) is 18.5 Å². The van der Waals surface area contributed by atoms with Gasteiger partial charge in [0.2, 0.25) is 5.95 Å². The highest BCUT2D eigenvalue weighted by atomic mass is 16.5. The smallest absolute Gasteiger partial charge is 0.225 e. The lowest BCUT2D eigenvalue weighted by atomic mass is 9.99. The van der Waals surface area contributed by atoms with E-state index in [1.165, 1.54) is 12.0 Å². The van der Waals surface area contributed by atoms with Gasteiger partial charge in [0.1, 0.15) is 0 Å². The molecule has 28 heavy (non-hydrogen) atoms. The van der Waals surface area contributed by atoms with Gasteiger partial charge in [0.25, 0.3) is 0 Å². The topological polar surface area (TPSA) is 51.1 Å². The number of rotatable bonds is 5. The van der Waals surface area contributed by atoms with Crippen molar-refractivity contribution in [1.29, 1.82) is 0 Å². The monoisotopic (exact) mass is 374 g/mol. The Morgan fingerprint density at radius 3 is 2.71 bits per heavy atom. The molecule has 1 aliphatic rings. The zero-order chi connectivity index (χ0) is 19.3. The number of methoxy groups -OCH3 is 1. The summed E-state index contributed by atoms with van der Waals surface area (Å²) < 4.78 is 5.37. The lowest BCUT2D eigenvalue weighted by molar-refractivity contribution is 0.143. The number of piperidine rings is 1. The number of aryl methyl sites for hydroxylation is 1. The maximum absolute atomic E-state index is 5.37. The first-order valence-electron chi connectivity index (χ1n) is 9.83. The molecule has 0 amide bonds. The second-order valence-corrected chi connectivity index (χ2v) is 7.45. The van der Waals surface area contributed by atoms with Gasteiger partial charge in [0.05, 0.1) is 12.3 Å². The van der Waals surface area contributed by atoms with E-state index in [-0.39, 0.29) is 0 Å². The lowest BCUT2D eigenvalue weighted by Crippen LogP contribution is -2.38. The highest BCUT2D eigenvalue weighted by Crippen LogP contribution is 2.32. The summed E-state index contributed by atoms with van der Waals surface area (Å²) in [4.78, 5) is 16.3. The third kappa shape index (κ3) is 4.04. The molecule has 0 saturated carbocycles. The minimum Gasteiger partial charge on any atom is -0.384 e. The van der Waals surface area contributed by atoms with E-state index in [9.17, 15) is 0 Å². The molecule has 1 atom stereocenters. The highest BCUT2D eigenvalue weighted by molar-refractivity contribution is 5.80. The molecule has 0 aliphatic carbocycles. The molecule has 3 heterocycles. The van der Waals surface area contributed by atoms with Crippen molar-refractivity contribution >= 4 is 5.95 Å². The minimum atomic E-state index is 0.531. The largest absolute Gasteiger partial charge is 0.384 e. The van der Waals surface area contributed by atoms with Crippen molar-refractivity contribution < 1.29 is 4.74 Å². The van der Waals surface area contributed by atoms with Gasteiger partial charge in [0.15, 0.2) is 0 Å². The molecule has 5 nitrogen and oxygen atoms in total. The Labute approximate surface area is 166 Å². The molecule has 144 valence electrons. The molecule has 0 spiro atoms. The summed E-state index contributed by atoms with van der Waals surface area (Å²) in [5.74, 6) is 1.33. The van der Waals surface area contributed by atoms with Crippen molar-refractivity contribution in [2.24, 2.45) is 5.92 Å². The molecule has 0 N–H and O–H groups in total. The van der Waals surface area contributed by atoms with E-state index < -0.39 is 0 Å². The maximum Gasteiger partial charge on any atom is 0.225 e. The quantitative estimate of drug-likeness (QED) is 0.663. The van der Waals surface area contributed by atoms with Crippen molar-refractivity contribution in [3.05, 3.63) is 60.6 Å². The predicted octanol–water partition coefficient (Wildman–Crippen LogP) is 4.38. The lowest BCUT2D eigenvalue weighted by Gasteiger charge is -2.32. The molecule has 4 rings (SSSR count). The Kier molecular flexibility index (Phi) is 5.63. The molecule has 3 aromatic rings. The molecule has 0 unspecified atom stereocenters.